The number of nitrogens with two attached hydrogens (primary N) is 1. The number of hydrogen-bond donors (Lipinski definition) is 2. The standard InChI is InChI=1S/C19H21FN2O3/c1-19(2,3)25-18(24)22-11-12-7-15(10-16(20)8-12)13-5-4-6-14(9-13)17(21)23/h4-10H,11H2,1-3H3,(H2,21,23)(H,22,24). The molecule has 0 radical (unpaired) electrons. The smallest absolute Gasteiger partial charge is 0.407 e. The van der Waals surface area contributed by atoms with E-state index in [-0.39, 0.29) is 6.54 Å². The molecule has 0 unspecified atom stereocenters. The Balaban J connectivity index is 2.19. The van der Waals surface area contributed by atoms with Crippen LogP contribution in [0.15, 0.2) is 42.5 Å². The van der Waals surface area contributed by atoms with E-state index in [9.17, 15) is 14.0 Å². The fourth-order valence-corrected chi connectivity index (χ4v) is 2.26. The lowest BCUT2D eigenvalue weighted by Gasteiger charge is -2.19. The summed E-state index contributed by atoms with van der Waals surface area (Å²) in [6, 6.07) is 11.1. The molecule has 0 aromatic heterocycles. The molecule has 2 amide bonds. The summed E-state index contributed by atoms with van der Waals surface area (Å²) in [7, 11) is 0. The van der Waals surface area contributed by atoms with E-state index in [0.29, 0.717) is 22.3 Å². The van der Waals surface area contributed by atoms with Crippen molar-refractivity contribution in [3.63, 3.8) is 0 Å². The van der Waals surface area contributed by atoms with Crippen molar-refractivity contribution < 1.29 is 18.7 Å². The van der Waals surface area contributed by atoms with E-state index in [4.69, 9.17) is 10.5 Å². The van der Waals surface area contributed by atoms with Gasteiger partial charge >= 0.3 is 6.09 Å². The Bertz CT molecular complexity index is 797. The van der Waals surface area contributed by atoms with Crippen LogP contribution in [0, 0.1) is 5.82 Å². The van der Waals surface area contributed by atoms with Gasteiger partial charge in [0.2, 0.25) is 5.91 Å². The maximum atomic E-state index is 13.9. The average Bonchev–Trinajstić information content (AvgIpc) is 2.51. The lowest BCUT2D eigenvalue weighted by Crippen LogP contribution is -2.32. The molecule has 0 aliphatic rings. The molecule has 132 valence electrons. The van der Waals surface area contributed by atoms with E-state index < -0.39 is 23.4 Å². The molecule has 3 N–H and O–H groups in total. The van der Waals surface area contributed by atoms with Crippen LogP contribution in [0.4, 0.5) is 9.18 Å². The number of carbonyl (C=O) groups excluding carboxylic acids is 2. The van der Waals surface area contributed by atoms with Crippen LogP contribution < -0.4 is 11.1 Å². The van der Waals surface area contributed by atoms with E-state index in [1.165, 1.54) is 12.1 Å². The molecule has 0 fully saturated rings. The molecular formula is C19H21FN2O3. The number of nitrogens with one attached hydrogen (secondary N) is 1. The second-order valence-electron chi connectivity index (χ2n) is 6.65. The van der Waals surface area contributed by atoms with Crippen molar-refractivity contribution in [1.29, 1.82) is 0 Å². The van der Waals surface area contributed by atoms with Gasteiger partial charge in [0.1, 0.15) is 11.4 Å². The lowest BCUT2D eigenvalue weighted by atomic mass is 10.0. The number of primary amides is 1. The number of carbonyl (C=O) groups is 2. The van der Waals surface area contributed by atoms with Gasteiger partial charge in [0, 0.05) is 12.1 Å². The Hall–Kier alpha value is -2.89. The van der Waals surface area contributed by atoms with Crippen LogP contribution in [0.3, 0.4) is 0 Å². The highest BCUT2D eigenvalue weighted by atomic mass is 19.1. The van der Waals surface area contributed by atoms with Gasteiger partial charge in [-0.05, 0) is 67.8 Å². The van der Waals surface area contributed by atoms with Crippen molar-refractivity contribution in [2.24, 2.45) is 5.73 Å². The molecule has 0 atom stereocenters. The average molecular weight is 344 g/mol. The van der Waals surface area contributed by atoms with E-state index in [0.717, 1.165) is 0 Å². The second-order valence-corrected chi connectivity index (χ2v) is 6.65. The monoisotopic (exact) mass is 344 g/mol. The van der Waals surface area contributed by atoms with Crippen molar-refractivity contribution in [2.45, 2.75) is 32.9 Å². The van der Waals surface area contributed by atoms with Crippen LogP contribution >= 0.6 is 0 Å². The van der Waals surface area contributed by atoms with Gasteiger partial charge in [-0.1, -0.05) is 12.1 Å². The summed E-state index contributed by atoms with van der Waals surface area (Å²) in [4.78, 5) is 23.0. The molecule has 0 heterocycles. The minimum atomic E-state index is -0.605. The zero-order valence-corrected chi connectivity index (χ0v) is 14.4. The van der Waals surface area contributed by atoms with Crippen LogP contribution in [0.2, 0.25) is 0 Å². The molecule has 0 aliphatic carbocycles. The summed E-state index contributed by atoms with van der Waals surface area (Å²) in [5.41, 5.74) is 6.84. The number of ether oxygens (including phenoxy) is 1. The van der Waals surface area contributed by atoms with Crippen molar-refractivity contribution in [1.82, 2.24) is 5.32 Å². The van der Waals surface area contributed by atoms with Crippen molar-refractivity contribution in [3.8, 4) is 11.1 Å². The van der Waals surface area contributed by atoms with Gasteiger partial charge in [0.15, 0.2) is 0 Å². The minimum absolute atomic E-state index is 0.120. The van der Waals surface area contributed by atoms with E-state index >= 15 is 0 Å². The SMILES string of the molecule is CC(C)(C)OC(=O)NCc1cc(F)cc(-c2cccc(C(N)=O)c2)c1. The molecule has 2 rings (SSSR count). The number of amides is 2. The number of halogens is 1. The maximum absolute atomic E-state index is 13.9. The molecule has 0 saturated carbocycles. The van der Waals surface area contributed by atoms with Crippen LogP contribution in [0.1, 0.15) is 36.7 Å². The Morgan fingerprint density at radius 2 is 1.84 bits per heavy atom. The van der Waals surface area contributed by atoms with E-state index in [2.05, 4.69) is 5.32 Å². The molecule has 0 saturated heterocycles. The minimum Gasteiger partial charge on any atom is -0.444 e. The largest absolute Gasteiger partial charge is 0.444 e. The second kappa shape index (κ2) is 7.34. The molecule has 2 aromatic carbocycles. The van der Waals surface area contributed by atoms with Gasteiger partial charge in [-0.15, -0.1) is 0 Å². The molecule has 0 bridgehead atoms. The number of benzene rings is 2. The first kappa shape index (κ1) is 18.4. The molecule has 0 aliphatic heterocycles. The molecule has 6 heteroatoms. The Morgan fingerprint density at radius 1 is 1.12 bits per heavy atom. The first-order chi connectivity index (χ1) is 11.6. The van der Waals surface area contributed by atoms with Gasteiger partial charge in [-0.2, -0.15) is 0 Å². The van der Waals surface area contributed by atoms with Crippen molar-refractivity contribution in [3.05, 3.63) is 59.4 Å². The molecule has 5 nitrogen and oxygen atoms in total. The number of alkyl carbamates (subject to hydrolysis) is 1. The summed E-state index contributed by atoms with van der Waals surface area (Å²) >= 11 is 0. The van der Waals surface area contributed by atoms with E-state index in [1.54, 1.807) is 51.1 Å². The first-order valence-electron chi connectivity index (χ1n) is 7.80. The van der Waals surface area contributed by atoms with Crippen LogP contribution in [-0.4, -0.2) is 17.6 Å². The van der Waals surface area contributed by atoms with Crippen LogP contribution in [0.5, 0.6) is 0 Å². The third kappa shape index (κ3) is 5.60. The van der Waals surface area contributed by atoms with Gasteiger partial charge in [0.25, 0.3) is 0 Å². The zero-order chi connectivity index (χ0) is 18.6. The Kier molecular flexibility index (Phi) is 5.41. The number of rotatable bonds is 4. The first-order valence-corrected chi connectivity index (χ1v) is 7.80. The highest BCUT2D eigenvalue weighted by Gasteiger charge is 2.16. The molecule has 2 aromatic rings. The fraction of sp³-hybridized carbons (Fsp3) is 0.263. The highest BCUT2D eigenvalue weighted by molar-refractivity contribution is 5.94. The predicted octanol–water partition coefficient (Wildman–Crippen LogP) is 3.62. The summed E-state index contributed by atoms with van der Waals surface area (Å²) in [5, 5.41) is 2.59. The zero-order valence-electron chi connectivity index (χ0n) is 14.4. The topological polar surface area (TPSA) is 81.4 Å². The number of hydrogen-bond acceptors (Lipinski definition) is 3. The Morgan fingerprint density at radius 3 is 2.48 bits per heavy atom. The third-order valence-corrected chi connectivity index (χ3v) is 3.27. The third-order valence-electron chi connectivity index (χ3n) is 3.27. The van der Waals surface area contributed by atoms with Gasteiger partial charge in [-0.25, -0.2) is 9.18 Å². The van der Waals surface area contributed by atoms with Gasteiger partial charge in [-0.3, -0.25) is 4.79 Å². The molecular weight excluding hydrogens is 323 g/mol. The molecule has 0 spiro atoms. The summed E-state index contributed by atoms with van der Waals surface area (Å²) in [6.07, 6.45) is -0.575. The van der Waals surface area contributed by atoms with Crippen LogP contribution in [-0.2, 0) is 11.3 Å². The lowest BCUT2D eigenvalue weighted by molar-refractivity contribution is 0.0523. The van der Waals surface area contributed by atoms with Gasteiger partial charge in [0.05, 0.1) is 0 Å². The quantitative estimate of drug-likeness (QED) is 0.889. The normalized spacial score (nSPS) is 11.0. The predicted molar refractivity (Wildman–Crippen MR) is 93.4 cm³/mol. The highest BCUT2D eigenvalue weighted by Crippen LogP contribution is 2.23. The molecule has 25 heavy (non-hydrogen) atoms. The van der Waals surface area contributed by atoms with E-state index in [1.807, 2.05) is 0 Å². The summed E-state index contributed by atoms with van der Waals surface area (Å²) < 4.78 is 19.1. The van der Waals surface area contributed by atoms with Crippen LogP contribution in [0.25, 0.3) is 11.1 Å². The van der Waals surface area contributed by atoms with Crippen molar-refractivity contribution in [2.75, 3.05) is 0 Å². The van der Waals surface area contributed by atoms with Crippen molar-refractivity contribution >= 4 is 12.0 Å². The fourth-order valence-electron chi connectivity index (χ4n) is 2.26. The maximum Gasteiger partial charge on any atom is 0.407 e. The summed E-state index contributed by atoms with van der Waals surface area (Å²) in [6.45, 7) is 5.41. The Labute approximate surface area is 146 Å². The van der Waals surface area contributed by atoms with Gasteiger partial charge < -0.3 is 15.8 Å². The summed E-state index contributed by atoms with van der Waals surface area (Å²) in [5.74, 6) is -0.993.